The molecule has 1 unspecified atom stereocenters. The Labute approximate surface area is 148 Å². The number of carbonyl (C=O) groups excluding carboxylic acids is 1. The zero-order valence-corrected chi connectivity index (χ0v) is 14.6. The predicted molar refractivity (Wildman–Crippen MR) is 95.3 cm³/mol. The number of carbonyl (C=O) groups is 1. The van der Waals surface area contributed by atoms with Crippen LogP contribution in [0.1, 0.15) is 11.1 Å². The van der Waals surface area contributed by atoms with E-state index < -0.39 is 0 Å². The van der Waals surface area contributed by atoms with Crippen molar-refractivity contribution in [1.29, 1.82) is 0 Å². The fraction of sp³-hybridized carbons (Fsp3) is 0.211. The molecule has 0 aromatic heterocycles. The summed E-state index contributed by atoms with van der Waals surface area (Å²) in [5.74, 6) is 0.553. The third kappa shape index (κ3) is 4.23. The first-order valence-electron chi connectivity index (χ1n) is 7.73. The highest BCUT2D eigenvalue weighted by molar-refractivity contribution is 9.10. The van der Waals surface area contributed by atoms with Gasteiger partial charge in [0.05, 0.1) is 6.61 Å². The highest BCUT2D eigenvalue weighted by Gasteiger charge is 2.19. The molecule has 0 radical (unpaired) electrons. The van der Waals surface area contributed by atoms with Gasteiger partial charge in [0.1, 0.15) is 11.6 Å². The lowest BCUT2D eigenvalue weighted by atomic mass is 9.97. The molecule has 0 saturated heterocycles. The Morgan fingerprint density at radius 1 is 1.33 bits per heavy atom. The summed E-state index contributed by atoms with van der Waals surface area (Å²) in [5, 5.41) is 2.85. The Hall–Kier alpha value is -2.14. The van der Waals surface area contributed by atoms with E-state index >= 15 is 0 Å². The van der Waals surface area contributed by atoms with Crippen LogP contribution in [0.4, 0.5) is 4.39 Å². The van der Waals surface area contributed by atoms with Gasteiger partial charge in [0, 0.05) is 28.6 Å². The number of hydrogen-bond acceptors (Lipinski definition) is 2. The van der Waals surface area contributed by atoms with Gasteiger partial charge in [-0.25, -0.2) is 4.39 Å². The summed E-state index contributed by atoms with van der Waals surface area (Å²) in [6, 6.07) is 12.5. The summed E-state index contributed by atoms with van der Waals surface area (Å²) in [4.78, 5) is 11.9. The molecule has 124 valence electrons. The minimum absolute atomic E-state index is 0.236. The Morgan fingerprint density at radius 2 is 2.17 bits per heavy atom. The first kappa shape index (κ1) is 16.7. The summed E-state index contributed by atoms with van der Waals surface area (Å²) >= 11 is 3.28. The third-order valence-corrected chi connectivity index (χ3v) is 4.39. The average Bonchev–Trinajstić information content (AvgIpc) is 2.60. The smallest absolute Gasteiger partial charge is 0.244 e. The van der Waals surface area contributed by atoms with E-state index in [0.29, 0.717) is 18.7 Å². The van der Waals surface area contributed by atoms with Crippen molar-refractivity contribution in [2.75, 3.05) is 13.2 Å². The van der Waals surface area contributed by atoms with Crippen LogP contribution in [0.3, 0.4) is 0 Å². The van der Waals surface area contributed by atoms with Crippen LogP contribution in [-0.2, 0) is 11.2 Å². The van der Waals surface area contributed by atoms with Crippen LogP contribution in [0, 0.1) is 11.7 Å². The predicted octanol–water partition coefficient (Wildman–Crippen LogP) is 3.97. The average molecular weight is 390 g/mol. The molecule has 0 aliphatic carbocycles. The molecule has 1 aliphatic heterocycles. The number of halogens is 2. The number of nitrogens with one attached hydrogen (secondary N) is 1. The molecular weight excluding hydrogens is 373 g/mol. The van der Waals surface area contributed by atoms with Crippen LogP contribution >= 0.6 is 15.9 Å². The van der Waals surface area contributed by atoms with Crippen LogP contribution in [0.25, 0.3) is 6.08 Å². The van der Waals surface area contributed by atoms with Gasteiger partial charge < -0.3 is 10.1 Å². The minimum Gasteiger partial charge on any atom is -0.493 e. The molecule has 2 aromatic carbocycles. The molecule has 5 heteroatoms. The van der Waals surface area contributed by atoms with Crippen molar-refractivity contribution >= 4 is 27.9 Å². The number of fused-ring (bicyclic) bond motifs is 1. The van der Waals surface area contributed by atoms with E-state index in [1.807, 2.05) is 24.3 Å². The highest BCUT2D eigenvalue weighted by Crippen LogP contribution is 2.26. The van der Waals surface area contributed by atoms with E-state index in [1.165, 1.54) is 18.2 Å². The van der Waals surface area contributed by atoms with Crippen molar-refractivity contribution in [1.82, 2.24) is 5.32 Å². The Balaban J connectivity index is 1.53. The zero-order valence-electron chi connectivity index (χ0n) is 13.0. The number of amides is 1. The number of ether oxygens (including phenoxy) is 1. The fourth-order valence-electron chi connectivity index (χ4n) is 2.63. The van der Waals surface area contributed by atoms with Crippen molar-refractivity contribution < 1.29 is 13.9 Å². The summed E-state index contributed by atoms with van der Waals surface area (Å²) < 4.78 is 20.1. The summed E-state index contributed by atoms with van der Waals surface area (Å²) in [7, 11) is 0. The Bertz CT molecular complexity index is 776. The Kier molecular flexibility index (Phi) is 5.30. The lowest BCUT2D eigenvalue weighted by Crippen LogP contribution is -2.33. The van der Waals surface area contributed by atoms with Gasteiger partial charge in [-0.3, -0.25) is 4.79 Å². The molecule has 1 amide bonds. The van der Waals surface area contributed by atoms with Gasteiger partial charge in [0.2, 0.25) is 5.91 Å². The molecule has 0 fully saturated rings. The summed E-state index contributed by atoms with van der Waals surface area (Å²) in [5.41, 5.74) is 1.53. The summed E-state index contributed by atoms with van der Waals surface area (Å²) in [6.45, 7) is 1.11. The molecule has 0 saturated carbocycles. The molecular formula is C19H17BrFNO2. The number of hydrogen-bond donors (Lipinski definition) is 1. The van der Waals surface area contributed by atoms with Crippen molar-refractivity contribution in [3.05, 3.63) is 70.0 Å². The van der Waals surface area contributed by atoms with Crippen LogP contribution in [0.15, 0.2) is 53.0 Å². The molecule has 0 spiro atoms. The molecule has 1 N–H and O–H groups in total. The van der Waals surface area contributed by atoms with Gasteiger partial charge in [0.15, 0.2) is 0 Å². The normalized spacial score (nSPS) is 16.5. The first-order chi connectivity index (χ1) is 11.6. The monoisotopic (exact) mass is 389 g/mol. The van der Waals surface area contributed by atoms with Gasteiger partial charge >= 0.3 is 0 Å². The van der Waals surface area contributed by atoms with Gasteiger partial charge in [0.25, 0.3) is 0 Å². The van der Waals surface area contributed by atoms with Gasteiger partial charge in [-0.15, -0.1) is 0 Å². The maximum absolute atomic E-state index is 13.6. The second-order valence-corrected chi connectivity index (χ2v) is 6.65. The standard InChI is InChI=1S/C19H17BrFNO2/c20-16-6-7-17(21)14(10-16)5-8-19(23)22-11-13-9-15-3-1-2-4-18(15)24-12-13/h1-8,10,13H,9,11-12H2,(H,22,23)/b8-5+. The maximum Gasteiger partial charge on any atom is 0.244 e. The van der Waals surface area contributed by atoms with E-state index in [2.05, 4.69) is 21.2 Å². The quantitative estimate of drug-likeness (QED) is 0.803. The summed E-state index contributed by atoms with van der Waals surface area (Å²) in [6.07, 6.45) is 3.70. The first-order valence-corrected chi connectivity index (χ1v) is 8.53. The topological polar surface area (TPSA) is 38.3 Å². The largest absolute Gasteiger partial charge is 0.493 e. The van der Waals surface area contributed by atoms with Crippen LogP contribution in [0.5, 0.6) is 5.75 Å². The molecule has 2 aromatic rings. The second-order valence-electron chi connectivity index (χ2n) is 5.73. The van der Waals surface area contributed by atoms with Crippen molar-refractivity contribution in [3.63, 3.8) is 0 Å². The number of rotatable bonds is 4. The fourth-order valence-corrected chi connectivity index (χ4v) is 3.01. The van der Waals surface area contributed by atoms with Gasteiger partial charge in [-0.1, -0.05) is 34.1 Å². The molecule has 24 heavy (non-hydrogen) atoms. The van der Waals surface area contributed by atoms with Crippen molar-refractivity contribution in [3.8, 4) is 5.75 Å². The SMILES string of the molecule is O=C(/C=C/c1cc(Br)ccc1F)NCC1COc2ccccc2C1. The van der Waals surface area contributed by atoms with Crippen LogP contribution < -0.4 is 10.1 Å². The third-order valence-electron chi connectivity index (χ3n) is 3.89. The maximum atomic E-state index is 13.6. The molecule has 1 aliphatic rings. The van der Waals surface area contributed by atoms with Gasteiger partial charge in [-0.2, -0.15) is 0 Å². The van der Waals surface area contributed by atoms with Crippen LogP contribution in [-0.4, -0.2) is 19.1 Å². The van der Waals surface area contributed by atoms with Crippen molar-refractivity contribution in [2.45, 2.75) is 6.42 Å². The lowest BCUT2D eigenvalue weighted by Gasteiger charge is -2.25. The lowest BCUT2D eigenvalue weighted by molar-refractivity contribution is -0.116. The minimum atomic E-state index is -0.362. The molecule has 3 nitrogen and oxygen atoms in total. The second kappa shape index (κ2) is 7.62. The van der Waals surface area contributed by atoms with Crippen molar-refractivity contribution in [2.24, 2.45) is 5.92 Å². The van der Waals surface area contributed by atoms with E-state index in [9.17, 15) is 9.18 Å². The van der Waals surface area contributed by atoms with E-state index in [-0.39, 0.29) is 17.6 Å². The highest BCUT2D eigenvalue weighted by atomic mass is 79.9. The van der Waals surface area contributed by atoms with E-state index in [4.69, 9.17) is 4.74 Å². The van der Waals surface area contributed by atoms with Crippen LogP contribution in [0.2, 0.25) is 0 Å². The zero-order chi connectivity index (χ0) is 16.9. The molecule has 3 rings (SSSR count). The number of benzene rings is 2. The van der Waals surface area contributed by atoms with Gasteiger partial charge in [-0.05, 0) is 42.3 Å². The Morgan fingerprint density at radius 3 is 3.04 bits per heavy atom. The van der Waals surface area contributed by atoms with E-state index in [0.717, 1.165) is 22.2 Å². The molecule has 1 atom stereocenters. The molecule has 0 bridgehead atoms. The molecule has 1 heterocycles. The number of para-hydroxylation sites is 1. The van der Waals surface area contributed by atoms with E-state index in [1.54, 1.807) is 12.1 Å².